The molecule has 0 heterocycles. The summed E-state index contributed by atoms with van der Waals surface area (Å²) in [4.78, 5) is 25.0. The highest BCUT2D eigenvalue weighted by atomic mass is 16.5. The molecule has 8 nitrogen and oxygen atoms in total. The zero-order valence-corrected chi connectivity index (χ0v) is 22.7. The summed E-state index contributed by atoms with van der Waals surface area (Å²) in [7, 11) is 9.28. The Morgan fingerprint density at radius 2 is 0.763 bits per heavy atom. The molecule has 0 saturated carbocycles. The lowest BCUT2D eigenvalue weighted by Gasteiger charge is -2.24. The van der Waals surface area contributed by atoms with E-state index in [1.807, 2.05) is 13.8 Å². The van der Waals surface area contributed by atoms with Gasteiger partial charge in [-0.2, -0.15) is 0 Å². The number of methoxy groups -OCH3 is 6. The van der Waals surface area contributed by atoms with Crippen molar-refractivity contribution in [2.45, 2.75) is 13.8 Å². The van der Waals surface area contributed by atoms with Crippen LogP contribution < -0.4 is 28.4 Å². The molecule has 0 aliphatic carbocycles. The highest BCUT2D eigenvalue weighted by molar-refractivity contribution is 6.13. The first-order valence-corrected chi connectivity index (χ1v) is 11.8. The summed E-state index contributed by atoms with van der Waals surface area (Å²) in [5, 5.41) is 2.59. The number of fused-ring (bicyclic) bond motifs is 2. The van der Waals surface area contributed by atoms with Gasteiger partial charge in [0.25, 0.3) is 0 Å². The summed E-state index contributed by atoms with van der Waals surface area (Å²) in [5.41, 5.74) is 3.49. The monoisotopic (exact) mass is 518 g/mol. The Labute approximate surface area is 221 Å². The summed E-state index contributed by atoms with van der Waals surface area (Å²) >= 11 is 0. The Morgan fingerprint density at radius 1 is 0.474 bits per heavy atom. The molecule has 38 heavy (non-hydrogen) atoms. The van der Waals surface area contributed by atoms with Crippen molar-refractivity contribution in [1.82, 2.24) is 0 Å². The predicted molar refractivity (Wildman–Crippen MR) is 146 cm³/mol. The molecule has 0 amide bonds. The number of hydrogen-bond acceptors (Lipinski definition) is 8. The molecular formula is C30H30O8. The molecule has 0 bridgehead atoms. The lowest BCUT2D eigenvalue weighted by Crippen LogP contribution is -2.05. The number of aldehydes is 2. The summed E-state index contributed by atoms with van der Waals surface area (Å²) in [6.45, 7) is 3.69. The van der Waals surface area contributed by atoms with Crippen molar-refractivity contribution in [3.05, 3.63) is 46.5 Å². The summed E-state index contributed by atoms with van der Waals surface area (Å²) in [5.74, 6) is 2.95. The van der Waals surface area contributed by atoms with Crippen LogP contribution in [0.5, 0.6) is 34.5 Å². The molecule has 0 spiro atoms. The van der Waals surface area contributed by atoms with Crippen LogP contribution in [0.3, 0.4) is 0 Å². The number of carbonyl (C=O) groups is 2. The molecule has 8 heteroatoms. The first kappa shape index (κ1) is 26.6. The molecular weight excluding hydrogens is 488 g/mol. The summed E-state index contributed by atoms with van der Waals surface area (Å²) in [6, 6.07) is 7.08. The van der Waals surface area contributed by atoms with Crippen molar-refractivity contribution in [3.8, 4) is 45.6 Å². The fraction of sp³-hybridized carbons (Fsp3) is 0.267. The Balaban J connectivity index is 2.29. The average molecular weight is 519 g/mol. The Morgan fingerprint density at radius 3 is 1.00 bits per heavy atom. The molecule has 4 aromatic carbocycles. The van der Waals surface area contributed by atoms with E-state index < -0.39 is 0 Å². The molecule has 0 N–H and O–H groups in total. The van der Waals surface area contributed by atoms with Gasteiger partial charge >= 0.3 is 0 Å². The van der Waals surface area contributed by atoms with Crippen molar-refractivity contribution >= 4 is 34.1 Å². The van der Waals surface area contributed by atoms with E-state index in [9.17, 15) is 9.59 Å². The van der Waals surface area contributed by atoms with Crippen molar-refractivity contribution in [2.24, 2.45) is 0 Å². The minimum Gasteiger partial charge on any atom is -0.495 e. The fourth-order valence-corrected chi connectivity index (χ4v) is 5.19. The van der Waals surface area contributed by atoms with E-state index in [-0.39, 0.29) is 0 Å². The second-order valence-corrected chi connectivity index (χ2v) is 8.64. The van der Waals surface area contributed by atoms with Crippen LogP contribution in [0.1, 0.15) is 31.8 Å². The van der Waals surface area contributed by atoms with Gasteiger partial charge in [-0.1, -0.05) is 0 Å². The van der Waals surface area contributed by atoms with E-state index in [0.29, 0.717) is 89.4 Å². The zero-order valence-electron chi connectivity index (χ0n) is 22.7. The molecule has 4 rings (SSSR count). The first-order valence-electron chi connectivity index (χ1n) is 11.8. The Hall–Kier alpha value is -4.46. The molecule has 0 fully saturated rings. The molecule has 0 aromatic heterocycles. The van der Waals surface area contributed by atoms with E-state index in [1.54, 1.807) is 52.7 Å². The van der Waals surface area contributed by atoms with E-state index in [0.717, 1.165) is 12.6 Å². The smallest absolute Gasteiger partial charge is 0.161 e. The number of ether oxygens (including phenoxy) is 6. The highest BCUT2D eigenvalue weighted by Gasteiger charge is 2.28. The standard InChI is InChI=1S/C30H30O8/c1-15-21(13-31)17-9-23(33-3)25(35-5)11-19(17)29(37-7)27(15)28-16(2)22(14-32)18-10-24(34-4)26(36-6)12-20(18)30(28)38-8/h9-14H,1-8H3. The third-order valence-electron chi connectivity index (χ3n) is 7.02. The largest absolute Gasteiger partial charge is 0.495 e. The van der Waals surface area contributed by atoms with Crippen LogP contribution >= 0.6 is 0 Å². The maximum atomic E-state index is 12.5. The molecule has 4 aromatic rings. The van der Waals surface area contributed by atoms with Crippen LogP contribution in [0.15, 0.2) is 24.3 Å². The molecule has 0 aliphatic rings. The highest BCUT2D eigenvalue weighted by Crippen LogP contribution is 2.52. The molecule has 0 aliphatic heterocycles. The lowest BCUT2D eigenvalue weighted by atomic mass is 9.84. The Kier molecular flexibility index (Phi) is 7.35. The third kappa shape index (κ3) is 3.84. The molecule has 198 valence electrons. The van der Waals surface area contributed by atoms with Crippen LogP contribution in [0, 0.1) is 13.8 Å². The van der Waals surface area contributed by atoms with E-state index in [4.69, 9.17) is 28.4 Å². The van der Waals surface area contributed by atoms with Crippen LogP contribution in [-0.2, 0) is 0 Å². The second-order valence-electron chi connectivity index (χ2n) is 8.64. The van der Waals surface area contributed by atoms with Gasteiger partial charge in [0.2, 0.25) is 0 Å². The average Bonchev–Trinajstić information content (AvgIpc) is 2.94. The maximum Gasteiger partial charge on any atom is 0.161 e. The van der Waals surface area contributed by atoms with Crippen molar-refractivity contribution in [2.75, 3.05) is 42.7 Å². The van der Waals surface area contributed by atoms with E-state index >= 15 is 0 Å². The minimum absolute atomic E-state index is 0.457. The van der Waals surface area contributed by atoms with Gasteiger partial charge in [0, 0.05) is 43.8 Å². The lowest BCUT2D eigenvalue weighted by molar-refractivity contribution is 0.111. The van der Waals surface area contributed by atoms with Gasteiger partial charge in [0.1, 0.15) is 11.5 Å². The van der Waals surface area contributed by atoms with Gasteiger partial charge in [-0.05, 0) is 49.2 Å². The van der Waals surface area contributed by atoms with Crippen LogP contribution in [0.2, 0.25) is 0 Å². The third-order valence-corrected chi connectivity index (χ3v) is 7.02. The van der Waals surface area contributed by atoms with Crippen molar-refractivity contribution < 1.29 is 38.0 Å². The Bertz CT molecular complexity index is 1470. The molecule has 0 radical (unpaired) electrons. The van der Waals surface area contributed by atoms with Crippen molar-refractivity contribution in [3.63, 3.8) is 0 Å². The molecule has 0 saturated heterocycles. The summed E-state index contributed by atoms with van der Waals surface area (Å²) in [6.07, 6.45) is 1.62. The quantitative estimate of drug-likeness (QED) is 0.251. The normalized spacial score (nSPS) is 10.8. The maximum absolute atomic E-state index is 12.5. The topological polar surface area (TPSA) is 89.5 Å². The van der Waals surface area contributed by atoms with Crippen LogP contribution in [0.25, 0.3) is 32.7 Å². The van der Waals surface area contributed by atoms with Gasteiger partial charge in [-0.25, -0.2) is 0 Å². The fourth-order valence-electron chi connectivity index (χ4n) is 5.19. The summed E-state index contributed by atoms with van der Waals surface area (Å²) < 4.78 is 34.0. The van der Waals surface area contributed by atoms with E-state index in [1.165, 1.54) is 14.2 Å². The van der Waals surface area contributed by atoms with E-state index in [2.05, 4.69) is 0 Å². The zero-order chi connectivity index (χ0) is 27.7. The van der Waals surface area contributed by atoms with Gasteiger partial charge in [-0.15, -0.1) is 0 Å². The minimum atomic E-state index is 0.457. The first-order chi connectivity index (χ1) is 18.3. The number of hydrogen-bond donors (Lipinski definition) is 0. The second kappa shape index (κ2) is 10.5. The van der Waals surface area contributed by atoms with Crippen LogP contribution in [-0.4, -0.2) is 55.2 Å². The molecule has 0 unspecified atom stereocenters. The van der Waals surface area contributed by atoms with Crippen LogP contribution in [0.4, 0.5) is 0 Å². The van der Waals surface area contributed by atoms with Crippen molar-refractivity contribution in [1.29, 1.82) is 0 Å². The van der Waals surface area contributed by atoms with Gasteiger partial charge in [0.15, 0.2) is 35.6 Å². The number of benzene rings is 4. The van der Waals surface area contributed by atoms with Gasteiger partial charge in [0.05, 0.1) is 42.7 Å². The SMILES string of the molecule is COc1cc2c(C=O)c(C)c(-c3c(C)c(C=O)c4cc(OC)c(OC)cc4c3OC)c(OC)c2cc1OC. The predicted octanol–water partition coefficient (Wildman–Crippen LogP) is 5.95. The number of rotatable bonds is 9. The molecule has 0 atom stereocenters. The van der Waals surface area contributed by atoms with Gasteiger partial charge < -0.3 is 28.4 Å². The number of carbonyl (C=O) groups excluding carboxylic acids is 2. The van der Waals surface area contributed by atoms with Gasteiger partial charge in [-0.3, -0.25) is 9.59 Å².